The maximum Gasteiger partial charge on any atom is 0.321 e. The van der Waals surface area contributed by atoms with E-state index < -0.39 is 5.97 Å². The van der Waals surface area contributed by atoms with E-state index in [2.05, 4.69) is 22.9 Å². The van der Waals surface area contributed by atoms with Crippen molar-refractivity contribution >= 4 is 28.8 Å². The summed E-state index contributed by atoms with van der Waals surface area (Å²) in [6, 6.07) is -0.224. The molecule has 3 nitrogen and oxygen atoms in total. The minimum Gasteiger partial charge on any atom is -0.480 e. The molecule has 0 aromatic heterocycles. The molecule has 0 bridgehead atoms. The largest absolute Gasteiger partial charge is 0.480 e. The molecule has 1 atom stereocenters. The summed E-state index contributed by atoms with van der Waals surface area (Å²) >= 11 is 2.13. The fraction of sp³-hybridized carbons (Fsp3) is 0.857. The van der Waals surface area contributed by atoms with E-state index in [0.29, 0.717) is 5.41 Å². The molecule has 1 saturated heterocycles. The van der Waals surface area contributed by atoms with Crippen molar-refractivity contribution < 1.29 is 9.90 Å². The number of nitrogens with zero attached hydrogens (tertiary/aromatic N) is 1. The van der Waals surface area contributed by atoms with Crippen molar-refractivity contribution in [2.24, 2.45) is 5.41 Å². The molecule has 4 heteroatoms. The highest BCUT2D eigenvalue weighted by molar-refractivity contribution is 14.1. The van der Waals surface area contributed by atoms with Crippen LogP contribution in [0.5, 0.6) is 0 Å². The molecule has 1 saturated carbocycles. The first-order chi connectivity index (χ1) is 5.13. The highest BCUT2D eigenvalue weighted by Gasteiger charge is 2.53. The first-order valence-electron chi connectivity index (χ1n) is 3.78. The molecule has 1 N–H and O–H groups in total. The molecule has 1 aliphatic heterocycles. The Morgan fingerprint density at radius 2 is 2.27 bits per heavy atom. The number of halogens is 1. The van der Waals surface area contributed by atoms with Gasteiger partial charge in [-0.2, -0.15) is 0 Å². The Morgan fingerprint density at radius 1 is 1.64 bits per heavy atom. The summed E-state index contributed by atoms with van der Waals surface area (Å²) in [7, 11) is 0. The number of hydrogen-bond donors (Lipinski definition) is 1. The van der Waals surface area contributed by atoms with Gasteiger partial charge in [-0.05, 0) is 24.7 Å². The Kier molecular flexibility index (Phi) is 1.64. The fourth-order valence-electron chi connectivity index (χ4n) is 1.75. The maximum atomic E-state index is 10.7. The van der Waals surface area contributed by atoms with Crippen molar-refractivity contribution in [3.8, 4) is 0 Å². The summed E-state index contributed by atoms with van der Waals surface area (Å²) in [5.74, 6) is -0.664. The van der Waals surface area contributed by atoms with Crippen molar-refractivity contribution in [1.29, 1.82) is 0 Å². The van der Waals surface area contributed by atoms with Crippen LogP contribution in [0.25, 0.3) is 0 Å². The lowest BCUT2D eigenvalue weighted by Crippen LogP contribution is -2.27. The number of carboxylic acids is 1. The third-order valence-corrected chi connectivity index (χ3v) is 3.71. The van der Waals surface area contributed by atoms with Gasteiger partial charge in [-0.15, -0.1) is 0 Å². The summed E-state index contributed by atoms with van der Waals surface area (Å²) in [4.78, 5) is 10.7. The van der Waals surface area contributed by atoms with E-state index in [4.69, 9.17) is 5.11 Å². The zero-order valence-corrected chi connectivity index (χ0v) is 8.24. The Bertz CT molecular complexity index is 203. The summed E-state index contributed by atoms with van der Waals surface area (Å²) < 4.78 is 1.94. The molecular weight excluding hydrogens is 257 g/mol. The molecule has 2 aliphatic rings. The number of hydrogen-bond acceptors (Lipinski definition) is 2. The van der Waals surface area contributed by atoms with E-state index in [1.807, 2.05) is 3.11 Å². The molecule has 0 aromatic carbocycles. The Balaban J connectivity index is 2.08. The minimum atomic E-state index is -0.664. The average Bonchev–Trinajstić information content (AvgIpc) is 2.54. The highest BCUT2D eigenvalue weighted by Crippen LogP contribution is 2.55. The fourth-order valence-corrected chi connectivity index (χ4v) is 2.91. The highest BCUT2D eigenvalue weighted by atomic mass is 127. The zero-order valence-electron chi connectivity index (χ0n) is 6.09. The second-order valence-electron chi connectivity index (χ2n) is 3.62. The topological polar surface area (TPSA) is 40.5 Å². The SMILES string of the molecule is O=C(O)C1CC2(CC2)CN1I. The van der Waals surface area contributed by atoms with Gasteiger partial charge in [0.25, 0.3) is 0 Å². The predicted molar refractivity (Wildman–Crippen MR) is 48.4 cm³/mol. The number of aliphatic carboxylic acids is 1. The Hall–Kier alpha value is 0.160. The Morgan fingerprint density at radius 3 is 2.55 bits per heavy atom. The van der Waals surface area contributed by atoms with Crippen LogP contribution in [0, 0.1) is 5.41 Å². The van der Waals surface area contributed by atoms with Gasteiger partial charge in [0.05, 0.1) is 0 Å². The molecule has 0 amide bonds. The lowest BCUT2D eigenvalue weighted by molar-refractivity contribution is -0.140. The molecule has 1 aliphatic carbocycles. The number of carboxylic acid groups (broad SMARTS) is 1. The van der Waals surface area contributed by atoms with Gasteiger partial charge in [-0.3, -0.25) is 4.79 Å². The number of carbonyl (C=O) groups is 1. The van der Waals surface area contributed by atoms with Crippen LogP contribution in [0.15, 0.2) is 0 Å². The second kappa shape index (κ2) is 2.32. The van der Waals surface area contributed by atoms with Gasteiger partial charge in [0.1, 0.15) is 6.04 Å². The quantitative estimate of drug-likeness (QED) is 0.574. The van der Waals surface area contributed by atoms with E-state index in [9.17, 15) is 4.79 Å². The van der Waals surface area contributed by atoms with Gasteiger partial charge in [0, 0.05) is 29.4 Å². The molecule has 2 fully saturated rings. The summed E-state index contributed by atoms with van der Waals surface area (Å²) in [6.45, 7) is 0.977. The van der Waals surface area contributed by atoms with Gasteiger partial charge in [-0.1, -0.05) is 0 Å². The lowest BCUT2D eigenvalue weighted by atomic mass is 10.0. The van der Waals surface area contributed by atoms with Crippen LogP contribution in [-0.4, -0.2) is 26.8 Å². The molecular formula is C7H10INO2. The van der Waals surface area contributed by atoms with Crippen molar-refractivity contribution in [3.05, 3.63) is 0 Å². The van der Waals surface area contributed by atoms with Crippen molar-refractivity contribution in [2.45, 2.75) is 25.3 Å². The molecule has 0 radical (unpaired) electrons. The predicted octanol–water partition coefficient (Wildman–Crippen LogP) is 1.28. The number of rotatable bonds is 1. The van der Waals surface area contributed by atoms with Gasteiger partial charge < -0.3 is 5.11 Å². The third kappa shape index (κ3) is 1.26. The third-order valence-electron chi connectivity index (χ3n) is 2.69. The monoisotopic (exact) mass is 267 g/mol. The first kappa shape index (κ1) is 7.79. The van der Waals surface area contributed by atoms with Crippen LogP contribution < -0.4 is 0 Å². The second-order valence-corrected chi connectivity index (χ2v) is 4.86. The van der Waals surface area contributed by atoms with Crippen LogP contribution in [-0.2, 0) is 4.79 Å². The molecule has 1 unspecified atom stereocenters. The normalized spacial score (nSPS) is 34.5. The van der Waals surface area contributed by atoms with Crippen molar-refractivity contribution in [3.63, 3.8) is 0 Å². The van der Waals surface area contributed by atoms with Crippen LogP contribution in [0.4, 0.5) is 0 Å². The minimum absolute atomic E-state index is 0.224. The van der Waals surface area contributed by atoms with Crippen LogP contribution in [0.3, 0.4) is 0 Å². The van der Waals surface area contributed by atoms with Gasteiger partial charge in [-0.25, -0.2) is 3.11 Å². The lowest BCUT2D eigenvalue weighted by Gasteiger charge is -2.10. The van der Waals surface area contributed by atoms with E-state index >= 15 is 0 Å². The van der Waals surface area contributed by atoms with E-state index in [1.54, 1.807) is 0 Å². The maximum absolute atomic E-state index is 10.7. The molecule has 11 heavy (non-hydrogen) atoms. The molecule has 1 spiro atoms. The summed E-state index contributed by atoms with van der Waals surface area (Å²) in [6.07, 6.45) is 3.33. The zero-order chi connectivity index (χ0) is 8.06. The van der Waals surface area contributed by atoms with Gasteiger partial charge >= 0.3 is 5.97 Å². The van der Waals surface area contributed by atoms with Gasteiger partial charge in [0.15, 0.2) is 0 Å². The smallest absolute Gasteiger partial charge is 0.321 e. The van der Waals surface area contributed by atoms with Crippen LogP contribution >= 0.6 is 22.9 Å². The summed E-state index contributed by atoms with van der Waals surface area (Å²) in [5, 5.41) is 8.80. The summed E-state index contributed by atoms with van der Waals surface area (Å²) in [5.41, 5.74) is 0.407. The van der Waals surface area contributed by atoms with Gasteiger partial charge in [0.2, 0.25) is 0 Å². The first-order valence-corrected chi connectivity index (χ1v) is 4.75. The average molecular weight is 267 g/mol. The van der Waals surface area contributed by atoms with Crippen LogP contribution in [0.2, 0.25) is 0 Å². The van der Waals surface area contributed by atoms with E-state index in [0.717, 1.165) is 13.0 Å². The molecule has 2 rings (SSSR count). The van der Waals surface area contributed by atoms with E-state index in [-0.39, 0.29) is 6.04 Å². The molecule has 1 heterocycles. The standard InChI is InChI=1S/C7H10INO2/c8-9-4-7(1-2-7)3-5(9)6(10)11/h5H,1-4H2,(H,10,11). The van der Waals surface area contributed by atoms with Crippen molar-refractivity contribution in [1.82, 2.24) is 3.11 Å². The van der Waals surface area contributed by atoms with Crippen LogP contribution in [0.1, 0.15) is 19.3 Å². The molecule has 62 valence electrons. The van der Waals surface area contributed by atoms with E-state index in [1.165, 1.54) is 12.8 Å². The molecule has 0 aromatic rings. The van der Waals surface area contributed by atoms with Crippen molar-refractivity contribution in [2.75, 3.05) is 6.54 Å². The Labute approximate surface area is 79.3 Å².